The summed E-state index contributed by atoms with van der Waals surface area (Å²) in [5.41, 5.74) is 0.555. The van der Waals surface area contributed by atoms with Crippen molar-refractivity contribution in [3.05, 3.63) is 42.3 Å². The first-order valence-corrected chi connectivity index (χ1v) is 6.55. The van der Waals surface area contributed by atoms with Gasteiger partial charge in [0.1, 0.15) is 18.7 Å². The van der Waals surface area contributed by atoms with Crippen molar-refractivity contribution in [1.82, 2.24) is 19.7 Å². The van der Waals surface area contributed by atoms with Crippen molar-refractivity contribution in [1.29, 1.82) is 0 Å². The molecule has 21 heavy (non-hydrogen) atoms. The third kappa shape index (κ3) is 4.41. The highest BCUT2D eigenvalue weighted by molar-refractivity contribution is 5.84. The van der Waals surface area contributed by atoms with E-state index in [-0.39, 0.29) is 0 Å². The van der Waals surface area contributed by atoms with E-state index in [9.17, 15) is 4.79 Å². The lowest BCUT2D eigenvalue weighted by atomic mass is 10.3. The van der Waals surface area contributed by atoms with E-state index in [1.807, 2.05) is 0 Å². The van der Waals surface area contributed by atoms with E-state index in [4.69, 9.17) is 9.84 Å². The largest absolute Gasteiger partial charge is 0.484 e. The summed E-state index contributed by atoms with van der Waals surface area (Å²) < 4.78 is 7.39. The molecule has 0 atom stereocenters. The van der Waals surface area contributed by atoms with Gasteiger partial charge in [0.2, 0.25) is 0 Å². The zero-order chi connectivity index (χ0) is 15.1. The van der Waals surface area contributed by atoms with Gasteiger partial charge in [-0.1, -0.05) is 6.92 Å². The second-order valence-electron chi connectivity index (χ2n) is 4.28. The van der Waals surface area contributed by atoms with Gasteiger partial charge in [-0.05, 0) is 24.6 Å². The summed E-state index contributed by atoms with van der Waals surface area (Å²) in [6.45, 7) is 3.18. The number of carboxylic acid groups (broad SMARTS) is 1. The van der Waals surface area contributed by atoms with Crippen LogP contribution in [0.5, 0.6) is 5.75 Å². The van der Waals surface area contributed by atoms with E-state index in [2.05, 4.69) is 22.0 Å². The van der Waals surface area contributed by atoms with Gasteiger partial charge in [-0.3, -0.25) is 4.98 Å². The van der Waals surface area contributed by atoms with Crippen LogP contribution in [0.1, 0.15) is 24.9 Å². The first-order valence-electron chi connectivity index (χ1n) is 6.55. The fourth-order valence-electron chi connectivity index (χ4n) is 1.68. The topological polar surface area (TPSA) is 90.1 Å². The third-order valence-electron chi connectivity index (χ3n) is 2.65. The fourth-order valence-corrected chi connectivity index (χ4v) is 1.68. The average molecular weight is 288 g/mol. The molecule has 0 spiro atoms. The molecule has 0 saturated carbocycles. The first kappa shape index (κ1) is 14.7. The number of pyridine rings is 1. The number of aromatic nitrogens is 4. The summed E-state index contributed by atoms with van der Waals surface area (Å²) in [6, 6.07) is 3.42. The fraction of sp³-hybridized carbons (Fsp3) is 0.286. The van der Waals surface area contributed by atoms with Crippen LogP contribution in [0.4, 0.5) is 0 Å². The van der Waals surface area contributed by atoms with Crippen molar-refractivity contribution in [3.8, 4) is 5.75 Å². The lowest BCUT2D eigenvalue weighted by Crippen LogP contribution is -2.08. The molecule has 0 aliphatic heterocycles. The maximum Gasteiger partial charge on any atom is 0.328 e. The third-order valence-corrected chi connectivity index (χ3v) is 2.65. The van der Waals surface area contributed by atoms with Crippen molar-refractivity contribution in [2.75, 3.05) is 0 Å². The standard InChI is InChI=1S/C14H16N4O3/c1-2-7-18-13(16-10-17-18)9-21-12-5-3-11(15-8-12)4-6-14(19)20/h3-6,8,10H,2,7,9H2,1H3,(H,19,20). The van der Waals surface area contributed by atoms with Crippen molar-refractivity contribution in [2.24, 2.45) is 0 Å². The van der Waals surface area contributed by atoms with Gasteiger partial charge in [-0.15, -0.1) is 0 Å². The number of aliphatic carboxylic acids is 1. The van der Waals surface area contributed by atoms with Crippen LogP contribution in [0, 0.1) is 0 Å². The molecule has 0 radical (unpaired) electrons. The zero-order valence-electron chi connectivity index (χ0n) is 11.6. The molecule has 1 N–H and O–H groups in total. The molecular weight excluding hydrogens is 272 g/mol. The molecule has 2 rings (SSSR count). The maximum absolute atomic E-state index is 10.4. The van der Waals surface area contributed by atoms with Crippen LogP contribution in [0.25, 0.3) is 6.08 Å². The molecular formula is C14H16N4O3. The minimum atomic E-state index is -1.01. The summed E-state index contributed by atoms with van der Waals surface area (Å²) in [5.74, 6) is 0.340. The normalized spacial score (nSPS) is 10.9. The molecule has 0 aromatic carbocycles. The Morgan fingerprint density at radius 2 is 2.29 bits per heavy atom. The summed E-state index contributed by atoms with van der Waals surface area (Å²) >= 11 is 0. The number of hydrogen-bond donors (Lipinski definition) is 1. The molecule has 0 aliphatic carbocycles. The van der Waals surface area contributed by atoms with Crippen LogP contribution in [-0.2, 0) is 17.9 Å². The van der Waals surface area contributed by atoms with Crippen LogP contribution >= 0.6 is 0 Å². The van der Waals surface area contributed by atoms with Gasteiger partial charge in [-0.25, -0.2) is 14.5 Å². The van der Waals surface area contributed by atoms with Crippen LogP contribution in [-0.4, -0.2) is 30.8 Å². The Labute approximate surface area is 121 Å². The molecule has 2 aromatic rings. The Morgan fingerprint density at radius 3 is 2.95 bits per heavy atom. The molecule has 0 unspecified atom stereocenters. The van der Waals surface area contributed by atoms with E-state index in [1.54, 1.807) is 23.0 Å². The zero-order valence-corrected chi connectivity index (χ0v) is 11.6. The molecule has 7 nitrogen and oxygen atoms in total. The van der Waals surface area contributed by atoms with Crippen LogP contribution in [0.2, 0.25) is 0 Å². The number of carboxylic acids is 1. The van der Waals surface area contributed by atoms with Gasteiger partial charge in [-0.2, -0.15) is 5.10 Å². The van der Waals surface area contributed by atoms with Gasteiger partial charge in [0, 0.05) is 12.6 Å². The first-order chi connectivity index (χ1) is 10.2. The minimum Gasteiger partial charge on any atom is -0.484 e. The predicted octanol–water partition coefficient (Wildman–Crippen LogP) is 1.76. The van der Waals surface area contributed by atoms with Gasteiger partial charge >= 0.3 is 5.97 Å². The lowest BCUT2D eigenvalue weighted by Gasteiger charge is -2.07. The highest BCUT2D eigenvalue weighted by Crippen LogP contribution is 2.12. The second-order valence-corrected chi connectivity index (χ2v) is 4.28. The van der Waals surface area contributed by atoms with Crippen molar-refractivity contribution in [3.63, 3.8) is 0 Å². The molecule has 2 heterocycles. The molecule has 7 heteroatoms. The number of rotatable bonds is 7. The predicted molar refractivity (Wildman–Crippen MR) is 75.6 cm³/mol. The minimum absolute atomic E-state index is 0.311. The SMILES string of the molecule is CCCn1ncnc1COc1ccc(C=CC(=O)O)nc1. The highest BCUT2D eigenvalue weighted by Gasteiger charge is 2.04. The Balaban J connectivity index is 1.94. The van der Waals surface area contributed by atoms with Crippen LogP contribution in [0.15, 0.2) is 30.7 Å². The Kier molecular flexibility index (Phi) is 5.03. The average Bonchev–Trinajstić information content (AvgIpc) is 2.92. The van der Waals surface area contributed by atoms with Crippen molar-refractivity contribution < 1.29 is 14.6 Å². The molecule has 110 valence electrons. The summed E-state index contributed by atoms with van der Waals surface area (Å²) in [6.07, 6.45) is 6.48. The number of hydrogen-bond acceptors (Lipinski definition) is 5. The monoisotopic (exact) mass is 288 g/mol. The molecule has 2 aromatic heterocycles. The molecule has 0 fully saturated rings. The van der Waals surface area contributed by atoms with Crippen LogP contribution < -0.4 is 4.74 Å². The maximum atomic E-state index is 10.4. The van der Waals surface area contributed by atoms with E-state index in [0.29, 0.717) is 18.1 Å². The Hall–Kier alpha value is -2.70. The van der Waals surface area contributed by atoms with Crippen LogP contribution in [0.3, 0.4) is 0 Å². The molecule has 0 bridgehead atoms. The molecule has 0 saturated heterocycles. The van der Waals surface area contributed by atoms with Gasteiger partial charge < -0.3 is 9.84 Å². The second kappa shape index (κ2) is 7.18. The van der Waals surface area contributed by atoms with E-state index < -0.39 is 5.97 Å². The van der Waals surface area contributed by atoms with E-state index >= 15 is 0 Å². The number of nitrogens with zero attached hydrogens (tertiary/aromatic N) is 4. The Morgan fingerprint density at radius 1 is 1.43 bits per heavy atom. The van der Waals surface area contributed by atoms with Crippen molar-refractivity contribution in [2.45, 2.75) is 26.5 Å². The molecule has 0 amide bonds. The van der Waals surface area contributed by atoms with Gasteiger partial charge in [0.25, 0.3) is 0 Å². The van der Waals surface area contributed by atoms with E-state index in [0.717, 1.165) is 24.9 Å². The summed E-state index contributed by atoms with van der Waals surface area (Å²) in [5, 5.41) is 12.7. The number of ether oxygens (including phenoxy) is 1. The van der Waals surface area contributed by atoms with Gasteiger partial charge in [0.15, 0.2) is 5.82 Å². The lowest BCUT2D eigenvalue weighted by molar-refractivity contribution is -0.131. The quantitative estimate of drug-likeness (QED) is 0.781. The van der Waals surface area contributed by atoms with Gasteiger partial charge in [0.05, 0.1) is 11.9 Å². The smallest absolute Gasteiger partial charge is 0.328 e. The number of carbonyl (C=O) groups is 1. The summed E-state index contributed by atoms with van der Waals surface area (Å²) in [4.78, 5) is 18.6. The van der Waals surface area contributed by atoms with Crippen molar-refractivity contribution >= 4 is 12.0 Å². The highest BCUT2D eigenvalue weighted by atomic mass is 16.5. The number of aryl methyl sites for hydroxylation is 1. The summed E-state index contributed by atoms with van der Waals surface area (Å²) in [7, 11) is 0. The Bertz CT molecular complexity index is 619. The van der Waals surface area contributed by atoms with E-state index in [1.165, 1.54) is 12.4 Å². The molecule has 0 aliphatic rings.